The van der Waals surface area contributed by atoms with E-state index < -0.39 is 18.0 Å². The third kappa shape index (κ3) is 9.05. The minimum atomic E-state index is -1.41. The summed E-state index contributed by atoms with van der Waals surface area (Å²) in [7, 11) is 5.21. The number of fused-ring (bicyclic) bond motifs is 1. The van der Waals surface area contributed by atoms with Gasteiger partial charge < -0.3 is 35.4 Å². The van der Waals surface area contributed by atoms with E-state index in [2.05, 4.69) is 27.5 Å². The van der Waals surface area contributed by atoms with E-state index in [0.717, 1.165) is 43.1 Å². The molecule has 0 spiro atoms. The number of carbonyl (C=O) groups excluding carboxylic acids is 3. The van der Waals surface area contributed by atoms with E-state index in [9.17, 15) is 19.2 Å². The van der Waals surface area contributed by atoms with Crippen LogP contribution in [0.15, 0.2) is 103 Å². The molecule has 0 aromatic heterocycles. The molecule has 6 rings (SSSR count). The van der Waals surface area contributed by atoms with Crippen molar-refractivity contribution in [3.63, 3.8) is 0 Å². The highest BCUT2D eigenvalue weighted by atomic mass is 16.5. The number of aliphatic carboxylic acids is 1. The molecular formula is C39H41N5O7. The standard InChI is InChI=1S/C31H33N5O4.C8H8O3/c1-34-15-17-36(18-16-34)20-27(37)35(2)24-12-10-23(11-13-24)32-29(21-7-5-4-6-8-21)28-25-14-9-22(31(39)40-3)19-26(25)33-30(28)38;9-7(8(10)11)6-4-2-1-3-5-6/h4-14,19,32H,15-18,20H2,1-3H3,(H,33,38);1-5,7,9H,(H,10,11)/b29-28-;. The molecule has 0 bridgehead atoms. The predicted octanol–water partition coefficient (Wildman–Crippen LogP) is 4.42. The van der Waals surface area contributed by atoms with Crippen molar-refractivity contribution in [3.05, 3.63) is 125 Å². The van der Waals surface area contributed by atoms with E-state index in [1.807, 2.05) is 54.6 Å². The molecule has 1 saturated heterocycles. The van der Waals surface area contributed by atoms with Crippen LogP contribution in [-0.4, -0.2) is 97.7 Å². The fraction of sp³-hybridized carbons (Fsp3) is 0.231. The minimum Gasteiger partial charge on any atom is -0.479 e. The van der Waals surface area contributed by atoms with Crippen LogP contribution in [-0.2, 0) is 19.1 Å². The number of anilines is 3. The number of hydrogen-bond donors (Lipinski definition) is 4. The smallest absolute Gasteiger partial charge is 0.337 e. The molecule has 4 aromatic rings. The summed E-state index contributed by atoms with van der Waals surface area (Å²) in [6.07, 6.45) is -1.41. The summed E-state index contributed by atoms with van der Waals surface area (Å²) >= 11 is 0. The number of carbonyl (C=O) groups is 4. The van der Waals surface area contributed by atoms with Gasteiger partial charge in [-0.1, -0.05) is 66.7 Å². The Bertz CT molecular complexity index is 1890. The summed E-state index contributed by atoms with van der Waals surface area (Å²) in [5.41, 5.74) is 5.50. The lowest BCUT2D eigenvalue weighted by molar-refractivity contribution is -0.147. The maximum Gasteiger partial charge on any atom is 0.337 e. The summed E-state index contributed by atoms with van der Waals surface area (Å²) in [6, 6.07) is 30.5. The molecule has 264 valence electrons. The van der Waals surface area contributed by atoms with Gasteiger partial charge in [0.05, 0.1) is 36.2 Å². The van der Waals surface area contributed by atoms with Crippen molar-refractivity contribution in [2.75, 3.05) is 69.5 Å². The van der Waals surface area contributed by atoms with Crippen molar-refractivity contribution in [1.29, 1.82) is 0 Å². The topological polar surface area (TPSA) is 152 Å². The van der Waals surface area contributed by atoms with Crippen molar-refractivity contribution in [1.82, 2.24) is 9.80 Å². The minimum absolute atomic E-state index is 0.0444. The first-order chi connectivity index (χ1) is 24.5. The van der Waals surface area contributed by atoms with Crippen molar-refractivity contribution in [2.24, 2.45) is 0 Å². The van der Waals surface area contributed by atoms with Gasteiger partial charge in [-0.15, -0.1) is 0 Å². The number of likely N-dealkylation sites (N-methyl/N-ethyl adjacent to an activating group) is 2. The number of aliphatic hydroxyl groups excluding tert-OH is 1. The lowest BCUT2D eigenvalue weighted by Crippen LogP contribution is -2.48. The number of methoxy groups -OCH3 is 1. The molecular weight excluding hydrogens is 650 g/mol. The van der Waals surface area contributed by atoms with Gasteiger partial charge in [0.1, 0.15) is 0 Å². The van der Waals surface area contributed by atoms with Crippen LogP contribution >= 0.6 is 0 Å². The Hall–Kier alpha value is -5.82. The van der Waals surface area contributed by atoms with Crippen molar-refractivity contribution < 1.29 is 34.1 Å². The molecule has 4 aromatic carbocycles. The van der Waals surface area contributed by atoms with Crippen molar-refractivity contribution >= 4 is 52.1 Å². The zero-order valence-electron chi connectivity index (χ0n) is 28.7. The van der Waals surface area contributed by atoms with E-state index in [4.69, 9.17) is 14.9 Å². The van der Waals surface area contributed by atoms with Gasteiger partial charge in [0.15, 0.2) is 6.10 Å². The normalized spacial score (nSPS) is 15.7. The number of ether oxygens (including phenoxy) is 1. The molecule has 4 N–H and O–H groups in total. The molecule has 1 atom stereocenters. The summed E-state index contributed by atoms with van der Waals surface area (Å²) < 4.78 is 4.82. The van der Waals surface area contributed by atoms with Gasteiger partial charge >= 0.3 is 11.9 Å². The second-order valence-corrected chi connectivity index (χ2v) is 12.2. The van der Waals surface area contributed by atoms with Gasteiger partial charge in [0, 0.05) is 50.2 Å². The molecule has 0 saturated carbocycles. The monoisotopic (exact) mass is 691 g/mol. The zero-order chi connectivity index (χ0) is 36.5. The Morgan fingerprint density at radius 3 is 2.12 bits per heavy atom. The Morgan fingerprint density at radius 2 is 1.51 bits per heavy atom. The van der Waals surface area contributed by atoms with E-state index in [1.54, 1.807) is 60.5 Å². The summed E-state index contributed by atoms with van der Waals surface area (Å²) in [6.45, 7) is 4.09. The molecule has 2 aliphatic rings. The van der Waals surface area contributed by atoms with E-state index >= 15 is 0 Å². The average Bonchev–Trinajstić information content (AvgIpc) is 3.49. The quantitative estimate of drug-likeness (QED) is 0.147. The Balaban J connectivity index is 0.000000392. The Kier molecular flexibility index (Phi) is 12.0. The SMILES string of the molecule is COC(=O)c1ccc2c(c1)NC(=O)/C2=C(\Nc1ccc(N(C)C(=O)CN2CCN(C)CC2)cc1)c1ccccc1.O=C(O)C(O)c1ccccc1. The molecule has 0 radical (unpaired) electrons. The number of carboxylic acid groups (broad SMARTS) is 1. The fourth-order valence-electron chi connectivity index (χ4n) is 5.69. The van der Waals surface area contributed by atoms with Gasteiger partial charge in [-0.3, -0.25) is 14.5 Å². The molecule has 2 heterocycles. The van der Waals surface area contributed by atoms with Gasteiger partial charge in [-0.05, 0) is 54.6 Å². The highest BCUT2D eigenvalue weighted by molar-refractivity contribution is 6.37. The number of benzene rings is 4. The molecule has 12 nitrogen and oxygen atoms in total. The van der Waals surface area contributed by atoms with Crippen LogP contribution in [0.2, 0.25) is 0 Å². The van der Waals surface area contributed by atoms with Crippen LogP contribution in [0.5, 0.6) is 0 Å². The van der Waals surface area contributed by atoms with Crippen LogP contribution < -0.4 is 15.5 Å². The van der Waals surface area contributed by atoms with Crippen molar-refractivity contribution in [2.45, 2.75) is 6.10 Å². The average molecular weight is 692 g/mol. The maximum absolute atomic E-state index is 13.2. The number of carboxylic acids is 1. The molecule has 2 amide bonds. The second kappa shape index (κ2) is 16.7. The van der Waals surface area contributed by atoms with E-state index in [1.165, 1.54) is 7.11 Å². The lowest BCUT2D eigenvalue weighted by Gasteiger charge is -2.32. The predicted molar refractivity (Wildman–Crippen MR) is 196 cm³/mol. The number of nitrogens with zero attached hydrogens (tertiary/aromatic N) is 3. The number of amides is 2. The number of esters is 1. The van der Waals surface area contributed by atoms with Crippen LogP contribution in [0.3, 0.4) is 0 Å². The summed E-state index contributed by atoms with van der Waals surface area (Å²) in [5, 5.41) is 23.7. The first kappa shape index (κ1) is 36.5. The Morgan fingerprint density at radius 1 is 0.882 bits per heavy atom. The first-order valence-corrected chi connectivity index (χ1v) is 16.4. The zero-order valence-corrected chi connectivity index (χ0v) is 28.7. The highest BCUT2D eigenvalue weighted by Crippen LogP contribution is 2.38. The largest absolute Gasteiger partial charge is 0.479 e. The molecule has 2 aliphatic heterocycles. The maximum atomic E-state index is 13.2. The molecule has 1 unspecified atom stereocenters. The molecule has 0 aliphatic carbocycles. The summed E-state index contributed by atoms with van der Waals surface area (Å²) in [4.78, 5) is 54.5. The summed E-state index contributed by atoms with van der Waals surface area (Å²) in [5.74, 6) is -1.92. The fourth-order valence-corrected chi connectivity index (χ4v) is 5.69. The van der Waals surface area contributed by atoms with Crippen molar-refractivity contribution in [3.8, 4) is 0 Å². The first-order valence-electron chi connectivity index (χ1n) is 16.4. The van der Waals surface area contributed by atoms with Gasteiger partial charge in [-0.2, -0.15) is 0 Å². The third-order valence-electron chi connectivity index (χ3n) is 8.70. The van der Waals surface area contributed by atoms with Crippen LogP contribution in [0, 0.1) is 0 Å². The van der Waals surface area contributed by atoms with Gasteiger partial charge in [0.25, 0.3) is 5.91 Å². The molecule has 1 fully saturated rings. The van der Waals surface area contributed by atoms with Crippen LogP contribution in [0.25, 0.3) is 11.3 Å². The molecule has 12 heteroatoms. The number of rotatable bonds is 9. The number of nitrogens with one attached hydrogen (secondary N) is 2. The third-order valence-corrected chi connectivity index (χ3v) is 8.70. The number of aliphatic hydroxyl groups is 1. The van der Waals surface area contributed by atoms with Gasteiger partial charge in [-0.25, -0.2) is 9.59 Å². The van der Waals surface area contributed by atoms with E-state index in [0.29, 0.717) is 40.2 Å². The number of piperazine rings is 1. The molecule has 51 heavy (non-hydrogen) atoms. The number of hydrogen-bond acceptors (Lipinski definition) is 9. The second-order valence-electron chi connectivity index (χ2n) is 12.2. The lowest BCUT2D eigenvalue weighted by atomic mass is 9.99. The van der Waals surface area contributed by atoms with Gasteiger partial charge in [0.2, 0.25) is 5.91 Å². The van der Waals surface area contributed by atoms with E-state index in [-0.39, 0.29) is 11.8 Å². The Labute approximate surface area is 296 Å². The highest BCUT2D eigenvalue weighted by Gasteiger charge is 2.29. The van der Waals surface area contributed by atoms with Crippen LogP contribution in [0.1, 0.15) is 33.2 Å². The van der Waals surface area contributed by atoms with Crippen LogP contribution in [0.4, 0.5) is 17.1 Å².